The van der Waals surface area contributed by atoms with Crippen LogP contribution < -0.4 is 0 Å². The van der Waals surface area contributed by atoms with E-state index in [2.05, 4.69) is 25.8 Å². The minimum atomic E-state index is -3.72. The number of rotatable bonds is 4. The summed E-state index contributed by atoms with van der Waals surface area (Å²) in [6.45, 7) is 2.86. The van der Waals surface area contributed by atoms with E-state index in [1.54, 1.807) is 24.5 Å². The Bertz CT molecular complexity index is 834. The summed E-state index contributed by atoms with van der Waals surface area (Å²) in [6, 6.07) is 7.01. The highest BCUT2D eigenvalue weighted by Gasteiger charge is 2.32. The Hall–Kier alpha value is -0.700. The molecule has 2 aromatic rings. The van der Waals surface area contributed by atoms with E-state index < -0.39 is 10.0 Å². The molecule has 1 aromatic carbocycles. The van der Waals surface area contributed by atoms with Gasteiger partial charge in [0.05, 0.1) is 10.0 Å². The van der Waals surface area contributed by atoms with Crippen molar-refractivity contribution in [1.29, 1.82) is 0 Å². The maximum absolute atomic E-state index is 12.9. The van der Waals surface area contributed by atoms with Gasteiger partial charge in [-0.3, -0.25) is 9.88 Å². The Morgan fingerprint density at radius 2 is 1.60 bits per heavy atom. The first-order chi connectivity index (χ1) is 11.9. The van der Waals surface area contributed by atoms with Gasteiger partial charge in [-0.1, -0.05) is 39.1 Å². The monoisotopic (exact) mass is 463 g/mol. The van der Waals surface area contributed by atoms with Crippen molar-refractivity contribution >= 4 is 49.2 Å². The molecule has 0 bridgehead atoms. The van der Waals surface area contributed by atoms with Gasteiger partial charge in [-0.05, 0) is 29.8 Å². The van der Waals surface area contributed by atoms with Gasteiger partial charge in [0.25, 0.3) is 0 Å². The lowest BCUT2D eigenvalue weighted by molar-refractivity contribution is 0.181. The van der Waals surface area contributed by atoms with Crippen LogP contribution in [0.3, 0.4) is 0 Å². The summed E-state index contributed by atoms with van der Waals surface area (Å²) in [5.74, 6) is 0. The van der Waals surface area contributed by atoms with E-state index in [1.165, 1.54) is 4.31 Å². The summed E-state index contributed by atoms with van der Waals surface area (Å²) in [5, 5.41) is 0.247. The van der Waals surface area contributed by atoms with E-state index >= 15 is 0 Å². The molecule has 0 aliphatic carbocycles. The van der Waals surface area contributed by atoms with Gasteiger partial charge in [0, 0.05) is 49.6 Å². The summed E-state index contributed by atoms with van der Waals surface area (Å²) < 4.78 is 27.9. The van der Waals surface area contributed by atoms with Crippen LogP contribution in [0.4, 0.5) is 0 Å². The van der Waals surface area contributed by atoms with Crippen LogP contribution in [0.2, 0.25) is 10.0 Å². The maximum atomic E-state index is 12.9. The lowest BCUT2D eigenvalue weighted by Crippen LogP contribution is -2.48. The Labute approximate surface area is 165 Å². The van der Waals surface area contributed by atoms with Crippen molar-refractivity contribution in [3.05, 3.63) is 56.7 Å². The largest absolute Gasteiger partial charge is 0.296 e. The van der Waals surface area contributed by atoms with Crippen molar-refractivity contribution < 1.29 is 8.42 Å². The summed E-state index contributed by atoms with van der Waals surface area (Å²) in [7, 11) is -3.72. The van der Waals surface area contributed by atoms with Gasteiger partial charge in [-0.2, -0.15) is 4.31 Å². The molecule has 134 valence electrons. The summed E-state index contributed by atoms with van der Waals surface area (Å²) >= 11 is 15.5. The fourth-order valence-electron chi connectivity index (χ4n) is 2.78. The smallest absolute Gasteiger partial charge is 0.246 e. The second-order valence-corrected chi connectivity index (χ2v) is 9.34. The molecule has 1 saturated heterocycles. The van der Waals surface area contributed by atoms with Crippen LogP contribution in [0.1, 0.15) is 5.56 Å². The van der Waals surface area contributed by atoms with Crippen molar-refractivity contribution in [2.75, 3.05) is 26.2 Å². The highest BCUT2D eigenvalue weighted by molar-refractivity contribution is 9.10. The first kappa shape index (κ1) is 19.1. The minimum Gasteiger partial charge on any atom is -0.296 e. The third-order valence-electron chi connectivity index (χ3n) is 4.05. The highest BCUT2D eigenvalue weighted by Crippen LogP contribution is 2.35. The van der Waals surface area contributed by atoms with Gasteiger partial charge in [0.1, 0.15) is 4.90 Å². The lowest BCUT2D eigenvalue weighted by Gasteiger charge is -2.34. The fourth-order valence-corrected chi connectivity index (χ4v) is 6.09. The van der Waals surface area contributed by atoms with Gasteiger partial charge in [0.15, 0.2) is 0 Å². The number of nitrogens with zero attached hydrogens (tertiary/aromatic N) is 3. The average molecular weight is 465 g/mol. The van der Waals surface area contributed by atoms with Crippen LogP contribution in [0.5, 0.6) is 0 Å². The molecule has 1 fully saturated rings. The molecule has 0 N–H and O–H groups in total. The molecule has 0 unspecified atom stereocenters. The van der Waals surface area contributed by atoms with Gasteiger partial charge in [-0.15, -0.1) is 0 Å². The quantitative estimate of drug-likeness (QED) is 0.692. The average Bonchev–Trinajstić information content (AvgIpc) is 2.55. The SMILES string of the molecule is O=S(=O)(c1c(Cl)cc(Br)cc1Cl)N1CCN(Cc2ccncc2)CC1. The summed E-state index contributed by atoms with van der Waals surface area (Å²) in [5.41, 5.74) is 1.16. The number of benzene rings is 1. The molecule has 0 saturated carbocycles. The van der Waals surface area contributed by atoms with Crippen LogP contribution in [-0.2, 0) is 16.6 Å². The zero-order valence-electron chi connectivity index (χ0n) is 13.2. The maximum Gasteiger partial charge on any atom is 0.246 e. The van der Waals surface area contributed by atoms with Crippen molar-refractivity contribution in [3.8, 4) is 0 Å². The van der Waals surface area contributed by atoms with Gasteiger partial charge < -0.3 is 0 Å². The molecule has 2 heterocycles. The van der Waals surface area contributed by atoms with Crippen molar-refractivity contribution in [2.24, 2.45) is 0 Å². The minimum absolute atomic E-state index is 0.0263. The normalized spacial score (nSPS) is 16.9. The molecule has 0 spiro atoms. The number of hydrogen-bond donors (Lipinski definition) is 0. The van der Waals surface area contributed by atoms with E-state index in [4.69, 9.17) is 23.2 Å². The molecule has 1 aliphatic heterocycles. The molecule has 25 heavy (non-hydrogen) atoms. The van der Waals surface area contributed by atoms with Gasteiger partial charge >= 0.3 is 0 Å². The van der Waals surface area contributed by atoms with Gasteiger partial charge in [0.2, 0.25) is 10.0 Å². The Morgan fingerprint density at radius 1 is 1.04 bits per heavy atom. The predicted octanol–water partition coefficient (Wildman–Crippen LogP) is 3.66. The molecular weight excluding hydrogens is 449 g/mol. The molecular formula is C16H16BrCl2N3O2S. The molecule has 3 rings (SSSR count). The van der Waals surface area contributed by atoms with Crippen LogP contribution in [-0.4, -0.2) is 48.8 Å². The number of pyridine rings is 1. The standard InChI is InChI=1S/C16H16BrCl2N3O2S/c17-13-9-14(18)16(15(19)10-13)25(23,24)22-7-5-21(6-8-22)11-12-1-3-20-4-2-12/h1-4,9-10H,5-8,11H2. The second kappa shape index (κ2) is 7.90. The molecule has 5 nitrogen and oxygen atoms in total. The molecule has 0 amide bonds. The van der Waals surface area contributed by atoms with Crippen LogP contribution in [0.25, 0.3) is 0 Å². The van der Waals surface area contributed by atoms with Crippen molar-refractivity contribution in [2.45, 2.75) is 11.4 Å². The number of halogens is 3. The topological polar surface area (TPSA) is 53.5 Å². The molecule has 1 aromatic heterocycles. The van der Waals surface area contributed by atoms with Crippen molar-refractivity contribution in [1.82, 2.24) is 14.2 Å². The number of sulfonamides is 1. The zero-order valence-corrected chi connectivity index (χ0v) is 17.1. The number of piperazine rings is 1. The van der Waals surface area contributed by atoms with E-state index in [9.17, 15) is 8.42 Å². The summed E-state index contributed by atoms with van der Waals surface area (Å²) in [4.78, 5) is 6.19. The van der Waals surface area contributed by atoms with Crippen LogP contribution in [0, 0.1) is 0 Å². The first-order valence-electron chi connectivity index (χ1n) is 7.64. The zero-order chi connectivity index (χ0) is 18.0. The van der Waals surface area contributed by atoms with E-state index in [1.807, 2.05) is 12.1 Å². The number of aromatic nitrogens is 1. The third kappa shape index (κ3) is 4.35. The molecule has 1 aliphatic rings. The van der Waals surface area contributed by atoms with Crippen LogP contribution in [0.15, 0.2) is 46.0 Å². The predicted molar refractivity (Wildman–Crippen MR) is 102 cm³/mol. The Balaban J connectivity index is 1.72. The number of hydrogen-bond acceptors (Lipinski definition) is 4. The fraction of sp³-hybridized carbons (Fsp3) is 0.312. The Morgan fingerprint density at radius 3 is 2.16 bits per heavy atom. The molecule has 9 heteroatoms. The van der Waals surface area contributed by atoms with Crippen molar-refractivity contribution in [3.63, 3.8) is 0 Å². The lowest BCUT2D eigenvalue weighted by atomic mass is 10.2. The van der Waals surface area contributed by atoms with Gasteiger partial charge in [-0.25, -0.2) is 8.42 Å². The van der Waals surface area contributed by atoms with E-state index in [0.717, 1.165) is 12.1 Å². The molecule has 0 radical (unpaired) electrons. The third-order valence-corrected chi connectivity index (χ3v) is 7.33. The van der Waals surface area contributed by atoms with E-state index in [-0.39, 0.29) is 14.9 Å². The highest BCUT2D eigenvalue weighted by atomic mass is 79.9. The summed E-state index contributed by atoms with van der Waals surface area (Å²) in [6.07, 6.45) is 3.52. The van der Waals surface area contributed by atoms with E-state index in [0.29, 0.717) is 30.7 Å². The second-order valence-electron chi connectivity index (χ2n) is 5.73. The Kier molecular flexibility index (Phi) is 6.03. The molecule has 0 atom stereocenters. The van der Waals surface area contributed by atoms with Crippen LogP contribution >= 0.6 is 39.1 Å². The first-order valence-corrected chi connectivity index (χ1v) is 10.6.